The van der Waals surface area contributed by atoms with Crippen molar-refractivity contribution in [3.8, 4) is 0 Å². The number of hydrogen-bond donors (Lipinski definition) is 1. The van der Waals surface area contributed by atoms with E-state index in [0.29, 0.717) is 6.04 Å². The Morgan fingerprint density at radius 2 is 2.25 bits per heavy atom. The third kappa shape index (κ3) is 2.26. The molecule has 1 aliphatic rings. The maximum atomic E-state index is 5.37. The Labute approximate surface area is 96.8 Å². The molecule has 2 rings (SSSR count). The van der Waals surface area contributed by atoms with Gasteiger partial charge in [-0.2, -0.15) is 4.98 Å². The normalized spacial score (nSPS) is 22.3. The van der Waals surface area contributed by atoms with Crippen LogP contribution >= 0.6 is 0 Å². The minimum Gasteiger partial charge on any atom is -0.339 e. The summed E-state index contributed by atoms with van der Waals surface area (Å²) in [5, 5.41) is 7.54. The average molecular weight is 223 g/mol. The third-order valence-corrected chi connectivity index (χ3v) is 3.53. The second kappa shape index (κ2) is 4.53. The van der Waals surface area contributed by atoms with Gasteiger partial charge in [-0.15, -0.1) is 0 Å². The largest absolute Gasteiger partial charge is 0.339 e. The zero-order valence-corrected chi connectivity index (χ0v) is 10.4. The maximum Gasteiger partial charge on any atom is 0.232 e. The Morgan fingerprint density at radius 3 is 2.88 bits per heavy atom. The summed E-state index contributed by atoms with van der Waals surface area (Å²) in [6, 6.07) is 0.291. The summed E-state index contributed by atoms with van der Waals surface area (Å²) in [5.41, 5.74) is -0.0140. The zero-order chi connectivity index (χ0) is 11.6. The fraction of sp³-hybridized carbons (Fsp3) is 0.833. The Balaban J connectivity index is 2.12. The van der Waals surface area contributed by atoms with E-state index in [0.717, 1.165) is 31.1 Å². The number of nitrogens with one attached hydrogen (secondary N) is 1. The van der Waals surface area contributed by atoms with Crippen LogP contribution in [0.2, 0.25) is 0 Å². The van der Waals surface area contributed by atoms with Crippen LogP contribution in [0.15, 0.2) is 4.52 Å². The van der Waals surface area contributed by atoms with Crippen molar-refractivity contribution in [2.45, 2.75) is 57.9 Å². The summed E-state index contributed by atoms with van der Waals surface area (Å²) in [6.07, 6.45) is 4.62. The van der Waals surface area contributed by atoms with E-state index in [1.165, 1.54) is 12.8 Å². The van der Waals surface area contributed by atoms with E-state index in [9.17, 15) is 0 Å². The van der Waals surface area contributed by atoms with Crippen LogP contribution < -0.4 is 5.32 Å². The molecule has 1 fully saturated rings. The van der Waals surface area contributed by atoms with Crippen LogP contribution in [-0.4, -0.2) is 16.7 Å². The molecule has 1 unspecified atom stereocenters. The topological polar surface area (TPSA) is 51.0 Å². The predicted molar refractivity (Wildman–Crippen MR) is 62.2 cm³/mol. The lowest BCUT2D eigenvalue weighted by Gasteiger charge is -2.20. The van der Waals surface area contributed by atoms with Crippen LogP contribution in [0.1, 0.15) is 64.2 Å². The average Bonchev–Trinajstić information content (AvgIpc) is 2.80. The van der Waals surface area contributed by atoms with Gasteiger partial charge in [0.2, 0.25) is 5.89 Å². The van der Waals surface area contributed by atoms with Crippen molar-refractivity contribution in [1.29, 1.82) is 0 Å². The summed E-state index contributed by atoms with van der Waals surface area (Å²) in [7, 11) is 0. The van der Waals surface area contributed by atoms with Gasteiger partial charge in [0.05, 0.1) is 6.04 Å². The van der Waals surface area contributed by atoms with Crippen LogP contribution in [0.3, 0.4) is 0 Å². The van der Waals surface area contributed by atoms with Crippen molar-refractivity contribution in [2.75, 3.05) is 6.54 Å². The van der Waals surface area contributed by atoms with E-state index in [2.05, 4.69) is 36.2 Å². The highest BCUT2D eigenvalue weighted by Crippen LogP contribution is 2.27. The van der Waals surface area contributed by atoms with Gasteiger partial charge in [0.15, 0.2) is 5.82 Å². The Hall–Kier alpha value is -0.900. The zero-order valence-electron chi connectivity index (χ0n) is 10.4. The molecule has 0 radical (unpaired) electrons. The molecule has 1 aromatic heterocycles. The Kier molecular flexibility index (Phi) is 3.28. The van der Waals surface area contributed by atoms with Gasteiger partial charge in [0.1, 0.15) is 0 Å². The first-order valence-electron chi connectivity index (χ1n) is 6.21. The number of hydrogen-bond acceptors (Lipinski definition) is 4. The lowest BCUT2D eigenvalue weighted by molar-refractivity contribution is 0.295. The maximum absolute atomic E-state index is 5.37. The summed E-state index contributed by atoms with van der Waals surface area (Å²) in [4.78, 5) is 4.54. The second-order valence-corrected chi connectivity index (χ2v) is 5.20. The highest BCUT2D eigenvalue weighted by atomic mass is 16.5. The smallest absolute Gasteiger partial charge is 0.232 e. The molecular weight excluding hydrogens is 202 g/mol. The molecule has 2 heterocycles. The first-order chi connectivity index (χ1) is 7.63. The van der Waals surface area contributed by atoms with E-state index in [1.54, 1.807) is 0 Å². The van der Waals surface area contributed by atoms with E-state index in [1.807, 2.05) is 0 Å². The van der Waals surface area contributed by atoms with Crippen LogP contribution in [0.25, 0.3) is 0 Å². The third-order valence-electron chi connectivity index (χ3n) is 3.53. The fourth-order valence-corrected chi connectivity index (χ4v) is 1.87. The van der Waals surface area contributed by atoms with Gasteiger partial charge in [-0.3, -0.25) is 0 Å². The van der Waals surface area contributed by atoms with E-state index in [4.69, 9.17) is 4.52 Å². The van der Waals surface area contributed by atoms with Crippen LogP contribution in [0.5, 0.6) is 0 Å². The Bertz CT molecular complexity index is 340. The molecule has 1 aliphatic heterocycles. The quantitative estimate of drug-likeness (QED) is 0.855. The molecule has 4 heteroatoms. The molecule has 90 valence electrons. The van der Waals surface area contributed by atoms with E-state index < -0.39 is 0 Å². The minimum absolute atomic E-state index is 0.0140. The van der Waals surface area contributed by atoms with Crippen molar-refractivity contribution in [3.63, 3.8) is 0 Å². The molecular formula is C12H21N3O. The lowest BCUT2D eigenvalue weighted by Crippen LogP contribution is -2.27. The van der Waals surface area contributed by atoms with Crippen molar-refractivity contribution in [2.24, 2.45) is 0 Å². The molecule has 1 atom stereocenters. The van der Waals surface area contributed by atoms with Crippen molar-refractivity contribution < 1.29 is 4.52 Å². The highest BCUT2D eigenvalue weighted by molar-refractivity contribution is 5.03. The molecule has 1 saturated heterocycles. The van der Waals surface area contributed by atoms with Crippen LogP contribution in [0, 0.1) is 0 Å². The van der Waals surface area contributed by atoms with Crippen molar-refractivity contribution in [1.82, 2.24) is 15.5 Å². The molecule has 0 saturated carbocycles. The number of rotatable bonds is 3. The molecule has 0 aliphatic carbocycles. The van der Waals surface area contributed by atoms with Gasteiger partial charge in [-0.1, -0.05) is 32.3 Å². The van der Waals surface area contributed by atoms with E-state index >= 15 is 0 Å². The van der Waals surface area contributed by atoms with Gasteiger partial charge in [0.25, 0.3) is 0 Å². The van der Waals surface area contributed by atoms with Crippen LogP contribution in [-0.2, 0) is 5.41 Å². The summed E-state index contributed by atoms with van der Waals surface area (Å²) >= 11 is 0. The van der Waals surface area contributed by atoms with Gasteiger partial charge in [0, 0.05) is 5.41 Å². The molecule has 1 N–H and O–H groups in total. The second-order valence-electron chi connectivity index (χ2n) is 5.20. The minimum atomic E-state index is -0.0140. The summed E-state index contributed by atoms with van der Waals surface area (Å²) in [5.74, 6) is 1.59. The Morgan fingerprint density at radius 1 is 1.44 bits per heavy atom. The monoisotopic (exact) mass is 223 g/mol. The lowest BCUT2D eigenvalue weighted by atomic mass is 9.90. The highest BCUT2D eigenvalue weighted by Gasteiger charge is 2.28. The molecule has 0 aromatic carbocycles. The summed E-state index contributed by atoms with van der Waals surface area (Å²) < 4.78 is 5.37. The molecule has 0 amide bonds. The fourth-order valence-electron chi connectivity index (χ4n) is 1.87. The SMILES string of the molecule is CCC(C)(C)c1nc(C2CCCCN2)no1. The van der Waals surface area contributed by atoms with Gasteiger partial charge < -0.3 is 9.84 Å². The van der Waals surface area contributed by atoms with Gasteiger partial charge in [-0.05, 0) is 25.8 Å². The number of aromatic nitrogens is 2. The number of nitrogens with zero attached hydrogens (tertiary/aromatic N) is 2. The van der Waals surface area contributed by atoms with Gasteiger partial charge in [-0.25, -0.2) is 0 Å². The van der Waals surface area contributed by atoms with Gasteiger partial charge >= 0.3 is 0 Å². The number of piperidine rings is 1. The van der Waals surface area contributed by atoms with Crippen LogP contribution in [0.4, 0.5) is 0 Å². The standard InChI is InChI=1S/C12H21N3O/c1-4-12(2,3)11-14-10(15-16-11)9-7-5-6-8-13-9/h9,13H,4-8H2,1-3H3. The molecule has 4 nitrogen and oxygen atoms in total. The van der Waals surface area contributed by atoms with Crippen molar-refractivity contribution >= 4 is 0 Å². The molecule has 1 aromatic rings. The molecule has 0 spiro atoms. The summed E-state index contributed by atoms with van der Waals surface area (Å²) in [6.45, 7) is 7.48. The first-order valence-corrected chi connectivity index (χ1v) is 6.21. The predicted octanol–water partition coefficient (Wildman–Crippen LogP) is 2.57. The van der Waals surface area contributed by atoms with Crippen molar-refractivity contribution in [3.05, 3.63) is 11.7 Å². The van der Waals surface area contributed by atoms with E-state index in [-0.39, 0.29) is 5.41 Å². The first kappa shape index (κ1) is 11.6. The molecule has 0 bridgehead atoms. The molecule has 16 heavy (non-hydrogen) atoms.